The van der Waals surface area contributed by atoms with Gasteiger partial charge in [0, 0.05) is 30.8 Å². The highest BCUT2D eigenvalue weighted by Crippen LogP contribution is 2.40. The number of carbonyl (C=O) groups is 2. The van der Waals surface area contributed by atoms with Gasteiger partial charge in [-0.2, -0.15) is 0 Å². The van der Waals surface area contributed by atoms with Crippen LogP contribution in [0.15, 0.2) is 54.1 Å². The van der Waals surface area contributed by atoms with Crippen molar-refractivity contribution >= 4 is 23.1 Å². The molecule has 0 radical (unpaired) electrons. The van der Waals surface area contributed by atoms with Crippen molar-refractivity contribution in [2.75, 3.05) is 13.2 Å². The molecular weight excluding hydrogens is 400 g/mol. The minimum atomic E-state index is -0.939. The van der Waals surface area contributed by atoms with Gasteiger partial charge in [-0.15, -0.1) is 0 Å². The Morgan fingerprint density at radius 3 is 2.61 bits per heavy atom. The summed E-state index contributed by atoms with van der Waals surface area (Å²) in [6, 6.07) is 11.8. The van der Waals surface area contributed by atoms with Crippen molar-refractivity contribution in [2.45, 2.75) is 31.9 Å². The smallest absolute Gasteiger partial charge is 0.295 e. The Morgan fingerprint density at radius 1 is 1.23 bits per heavy atom. The van der Waals surface area contributed by atoms with Gasteiger partial charge in [-0.1, -0.05) is 42.0 Å². The molecule has 0 bridgehead atoms. The van der Waals surface area contributed by atoms with Crippen molar-refractivity contribution in [1.29, 1.82) is 0 Å². The standard InChI is InChI=1S/C23H22N2O6/c1-14-7-9-15(10-8-14)21(26)19-20(16-4-2-5-17(12-16)25(29)30)24(23(28)22(19)27)13-18-6-3-11-31-18/h2,4-5,7-10,12,18,20,26H,3,6,11,13H2,1H3. The van der Waals surface area contributed by atoms with E-state index in [0.29, 0.717) is 17.7 Å². The molecular formula is C23H22N2O6. The lowest BCUT2D eigenvalue weighted by molar-refractivity contribution is -0.384. The van der Waals surface area contributed by atoms with Crippen molar-refractivity contribution < 1.29 is 24.4 Å². The molecule has 0 aliphatic carbocycles. The molecule has 2 heterocycles. The molecule has 2 atom stereocenters. The lowest BCUT2D eigenvalue weighted by Gasteiger charge is -2.27. The number of rotatable bonds is 5. The number of amides is 1. The van der Waals surface area contributed by atoms with E-state index in [-0.39, 0.29) is 29.7 Å². The maximum atomic E-state index is 13.0. The van der Waals surface area contributed by atoms with E-state index >= 15 is 0 Å². The van der Waals surface area contributed by atoms with Crippen LogP contribution in [0, 0.1) is 17.0 Å². The molecule has 31 heavy (non-hydrogen) atoms. The Bertz CT molecular complexity index is 1070. The minimum Gasteiger partial charge on any atom is -0.507 e. The Morgan fingerprint density at radius 2 is 1.97 bits per heavy atom. The zero-order valence-corrected chi connectivity index (χ0v) is 17.0. The summed E-state index contributed by atoms with van der Waals surface area (Å²) >= 11 is 0. The third-order valence-electron chi connectivity index (χ3n) is 5.69. The number of carbonyl (C=O) groups excluding carboxylic acids is 2. The van der Waals surface area contributed by atoms with Crippen molar-refractivity contribution in [1.82, 2.24) is 4.90 Å². The van der Waals surface area contributed by atoms with Crippen molar-refractivity contribution in [3.05, 3.63) is 80.9 Å². The summed E-state index contributed by atoms with van der Waals surface area (Å²) in [5.74, 6) is -1.86. The Hall–Kier alpha value is -3.52. The number of ketones is 1. The first kappa shape index (κ1) is 20.7. The second-order valence-electron chi connectivity index (χ2n) is 7.80. The molecule has 2 fully saturated rings. The topological polar surface area (TPSA) is 110 Å². The summed E-state index contributed by atoms with van der Waals surface area (Å²) in [6.07, 6.45) is 1.39. The van der Waals surface area contributed by atoms with E-state index in [1.807, 2.05) is 6.92 Å². The van der Waals surface area contributed by atoms with Gasteiger partial charge in [0.05, 0.1) is 22.6 Å². The Labute approximate surface area is 178 Å². The molecule has 2 unspecified atom stereocenters. The molecule has 0 spiro atoms. The number of aryl methyl sites for hydroxylation is 1. The molecule has 0 aromatic heterocycles. The summed E-state index contributed by atoms with van der Waals surface area (Å²) in [5.41, 5.74) is 1.53. The fourth-order valence-corrected chi connectivity index (χ4v) is 4.10. The average molecular weight is 422 g/mol. The highest BCUT2D eigenvalue weighted by Gasteiger charge is 2.47. The summed E-state index contributed by atoms with van der Waals surface area (Å²) in [6.45, 7) is 2.65. The molecule has 4 rings (SSSR count). The monoisotopic (exact) mass is 422 g/mol. The fraction of sp³-hybridized carbons (Fsp3) is 0.304. The van der Waals surface area contributed by atoms with Gasteiger partial charge in [0.1, 0.15) is 5.76 Å². The number of benzene rings is 2. The van der Waals surface area contributed by atoms with Gasteiger partial charge in [-0.3, -0.25) is 19.7 Å². The molecule has 160 valence electrons. The summed E-state index contributed by atoms with van der Waals surface area (Å²) < 4.78 is 5.65. The number of nitro groups is 1. The van der Waals surface area contributed by atoms with E-state index in [1.165, 1.54) is 23.1 Å². The van der Waals surface area contributed by atoms with E-state index < -0.39 is 22.7 Å². The third kappa shape index (κ3) is 3.94. The number of Topliss-reactive ketones (excluding diaryl/α,β-unsaturated/α-hetero) is 1. The molecule has 2 aromatic carbocycles. The number of aliphatic hydroxyl groups excluding tert-OH is 1. The van der Waals surface area contributed by atoms with Crippen LogP contribution in [0.1, 0.15) is 35.6 Å². The van der Waals surface area contributed by atoms with Crippen molar-refractivity contribution in [2.24, 2.45) is 0 Å². The van der Waals surface area contributed by atoms with Crippen LogP contribution in [0.3, 0.4) is 0 Å². The quantitative estimate of drug-likeness (QED) is 0.260. The van der Waals surface area contributed by atoms with Crippen LogP contribution in [0.4, 0.5) is 5.69 Å². The van der Waals surface area contributed by atoms with E-state index in [1.54, 1.807) is 30.3 Å². The first-order valence-electron chi connectivity index (χ1n) is 10.1. The largest absolute Gasteiger partial charge is 0.507 e. The molecule has 2 saturated heterocycles. The van der Waals surface area contributed by atoms with Crippen molar-refractivity contribution in [3.63, 3.8) is 0 Å². The van der Waals surface area contributed by atoms with Gasteiger partial charge in [0.25, 0.3) is 17.4 Å². The highest BCUT2D eigenvalue weighted by molar-refractivity contribution is 6.46. The molecule has 2 aromatic rings. The van der Waals surface area contributed by atoms with Crippen molar-refractivity contribution in [3.8, 4) is 0 Å². The molecule has 1 N–H and O–H groups in total. The predicted molar refractivity (Wildman–Crippen MR) is 112 cm³/mol. The van der Waals surface area contributed by atoms with Crippen LogP contribution in [-0.2, 0) is 14.3 Å². The molecule has 2 aliphatic heterocycles. The van der Waals surface area contributed by atoms with Gasteiger partial charge < -0.3 is 14.7 Å². The van der Waals surface area contributed by atoms with Crippen LogP contribution in [0.5, 0.6) is 0 Å². The number of nitrogens with zero attached hydrogens (tertiary/aromatic N) is 2. The molecule has 8 heteroatoms. The van der Waals surface area contributed by atoms with Gasteiger partial charge in [0.15, 0.2) is 0 Å². The second-order valence-corrected chi connectivity index (χ2v) is 7.80. The first-order chi connectivity index (χ1) is 14.9. The number of likely N-dealkylation sites (tertiary alicyclic amines) is 1. The molecule has 1 amide bonds. The lowest BCUT2D eigenvalue weighted by Crippen LogP contribution is -2.36. The van der Waals surface area contributed by atoms with E-state index in [9.17, 15) is 24.8 Å². The van der Waals surface area contributed by atoms with Crippen LogP contribution < -0.4 is 0 Å². The van der Waals surface area contributed by atoms with Gasteiger partial charge in [0.2, 0.25) is 0 Å². The number of hydrogen-bond donors (Lipinski definition) is 1. The fourth-order valence-electron chi connectivity index (χ4n) is 4.10. The zero-order chi connectivity index (χ0) is 22.1. The number of nitro benzene ring substituents is 1. The van der Waals surface area contributed by atoms with Crippen LogP contribution in [0.2, 0.25) is 0 Å². The van der Waals surface area contributed by atoms with E-state index in [4.69, 9.17) is 4.74 Å². The lowest BCUT2D eigenvalue weighted by atomic mass is 9.94. The van der Waals surface area contributed by atoms with Crippen LogP contribution in [-0.4, -0.2) is 45.9 Å². The first-order valence-corrected chi connectivity index (χ1v) is 10.1. The Balaban J connectivity index is 1.85. The number of non-ortho nitro benzene ring substituents is 1. The summed E-state index contributed by atoms with van der Waals surface area (Å²) in [5, 5.41) is 22.3. The maximum Gasteiger partial charge on any atom is 0.295 e. The van der Waals surface area contributed by atoms with Crippen LogP contribution >= 0.6 is 0 Å². The molecule has 8 nitrogen and oxygen atoms in total. The second kappa shape index (κ2) is 8.31. The van der Waals surface area contributed by atoms with E-state index in [2.05, 4.69) is 0 Å². The highest BCUT2D eigenvalue weighted by atomic mass is 16.6. The third-order valence-corrected chi connectivity index (χ3v) is 5.69. The van der Waals surface area contributed by atoms with Gasteiger partial charge >= 0.3 is 0 Å². The molecule has 0 saturated carbocycles. The van der Waals surface area contributed by atoms with Crippen LogP contribution in [0.25, 0.3) is 5.76 Å². The SMILES string of the molecule is Cc1ccc(C(O)=C2C(=O)C(=O)N(CC3CCCO3)C2c2cccc([N+](=O)[O-])c2)cc1. The zero-order valence-electron chi connectivity index (χ0n) is 17.0. The van der Waals surface area contributed by atoms with Gasteiger partial charge in [-0.25, -0.2) is 0 Å². The maximum absolute atomic E-state index is 13.0. The number of hydrogen-bond acceptors (Lipinski definition) is 6. The normalized spacial score (nSPS) is 22.8. The summed E-state index contributed by atoms with van der Waals surface area (Å²) in [7, 11) is 0. The Kier molecular flexibility index (Phi) is 5.56. The molecule has 2 aliphatic rings. The predicted octanol–water partition coefficient (Wildman–Crippen LogP) is 3.50. The minimum absolute atomic E-state index is 0.0765. The number of ether oxygens (including phenoxy) is 1. The average Bonchev–Trinajstić information content (AvgIpc) is 3.36. The number of aliphatic hydroxyl groups is 1. The van der Waals surface area contributed by atoms with E-state index in [0.717, 1.165) is 18.4 Å². The van der Waals surface area contributed by atoms with Gasteiger partial charge in [-0.05, 0) is 25.3 Å². The summed E-state index contributed by atoms with van der Waals surface area (Å²) in [4.78, 5) is 38.1.